The molecule has 0 unspecified atom stereocenters. The third-order valence-corrected chi connectivity index (χ3v) is 2.00. The van der Waals surface area contributed by atoms with Crippen molar-refractivity contribution < 1.29 is 18.3 Å². The standard InChI is InChI=1S/C10H10F3NO/c1-6-3-4-7(10(11,12)13)5-8(6)9(15)14-2/h3-5H,1-2H3,(H,14,15)/p-1. The highest BCUT2D eigenvalue weighted by atomic mass is 19.4. The summed E-state index contributed by atoms with van der Waals surface area (Å²) in [6, 6.07) is 3.04. The SMILES string of the molecule is CN=C([O-])c1cc(C(F)(F)F)ccc1C. The van der Waals surface area contributed by atoms with Gasteiger partial charge in [0.25, 0.3) is 0 Å². The van der Waals surface area contributed by atoms with E-state index in [1.54, 1.807) is 6.92 Å². The number of aryl methyl sites for hydroxylation is 1. The van der Waals surface area contributed by atoms with E-state index in [1.165, 1.54) is 13.1 Å². The zero-order chi connectivity index (χ0) is 11.6. The average molecular weight is 216 g/mol. The van der Waals surface area contributed by atoms with Crippen molar-refractivity contribution in [1.29, 1.82) is 0 Å². The molecule has 0 saturated carbocycles. The van der Waals surface area contributed by atoms with Crippen molar-refractivity contribution >= 4 is 5.90 Å². The van der Waals surface area contributed by atoms with Crippen LogP contribution in [0.4, 0.5) is 13.2 Å². The summed E-state index contributed by atoms with van der Waals surface area (Å²) < 4.78 is 37.0. The minimum Gasteiger partial charge on any atom is -0.858 e. The van der Waals surface area contributed by atoms with Crippen LogP contribution < -0.4 is 5.11 Å². The van der Waals surface area contributed by atoms with Crippen molar-refractivity contribution in [3.8, 4) is 0 Å². The molecule has 1 aromatic carbocycles. The van der Waals surface area contributed by atoms with Gasteiger partial charge in [0.1, 0.15) is 0 Å². The first-order valence-electron chi connectivity index (χ1n) is 4.18. The third-order valence-electron chi connectivity index (χ3n) is 2.00. The van der Waals surface area contributed by atoms with E-state index in [9.17, 15) is 18.3 Å². The topological polar surface area (TPSA) is 35.4 Å². The Bertz CT molecular complexity index is 396. The number of benzene rings is 1. The van der Waals surface area contributed by atoms with Crippen molar-refractivity contribution in [3.05, 3.63) is 34.9 Å². The fourth-order valence-electron chi connectivity index (χ4n) is 1.15. The molecule has 0 aliphatic rings. The lowest BCUT2D eigenvalue weighted by atomic mass is 10.0. The summed E-state index contributed by atoms with van der Waals surface area (Å²) in [5.74, 6) is -0.640. The number of aliphatic imine (C=N–C) groups is 1. The quantitative estimate of drug-likeness (QED) is 0.520. The molecule has 0 amide bonds. The van der Waals surface area contributed by atoms with Crippen molar-refractivity contribution in [1.82, 2.24) is 0 Å². The lowest BCUT2D eigenvalue weighted by Crippen LogP contribution is -2.20. The minimum atomic E-state index is -4.43. The van der Waals surface area contributed by atoms with Gasteiger partial charge >= 0.3 is 6.18 Å². The molecule has 0 aromatic heterocycles. The van der Waals surface area contributed by atoms with Crippen molar-refractivity contribution in [2.24, 2.45) is 4.99 Å². The average Bonchev–Trinajstić information content (AvgIpc) is 2.15. The van der Waals surface area contributed by atoms with E-state index in [2.05, 4.69) is 4.99 Å². The third kappa shape index (κ3) is 2.49. The summed E-state index contributed by atoms with van der Waals surface area (Å²) in [5, 5.41) is 11.2. The molecule has 0 aliphatic carbocycles. The van der Waals surface area contributed by atoms with Crippen LogP contribution in [0.25, 0.3) is 0 Å². The first-order valence-corrected chi connectivity index (χ1v) is 4.18. The second kappa shape index (κ2) is 3.92. The first-order chi connectivity index (χ1) is 6.86. The first kappa shape index (κ1) is 11.6. The van der Waals surface area contributed by atoms with Gasteiger partial charge in [0.2, 0.25) is 0 Å². The highest BCUT2D eigenvalue weighted by Gasteiger charge is 2.30. The zero-order valence-electron chi connectivity index (χ0n) is 8.22. The van der Waals surface area contributed by atoms with Crippen LogP contribution in [0.2, 0.25) is 0 Å². The van der Waals surface area contributed by atoms with Gasteiger partial charge in [-0.1, -0.05) is 6.07 Å². The van der Waals surface area contributed by atoms with Gasteiger partial charge in [0, 0.05) is 7.05 Å². The van der Waals surface area contributed by atoms with Crippen LogP contribution in [0.1, 0.15) is 16.7 Å². The molecule has 0 aliphatic heterocycles. The normalized spacial score (nSPS) is 13.0. The summed E-state index contributed by atoms with van der Waals surface area (Å²) in [7, 11) is 1.25. The molecular formula is C10H9F3NO-. The van der Waals surface area contributed by atoms with Gasteiger partial charge in [-0.3, -0.25) is 0 Å². The molecule has 0 heterocycles. The van der Waals surface area contributed by atoms with Crippen LogP contribution in [-0.4, -0.2) is 12.9 Å². The van der Waals surface area contributed by atoms with Gasteiger partial charge in [-0.15, -0.1) is 0 Å². The van der Waals surface area contributed by atoms with Crippen molar-refractivity contribution in [2.75, 3.05) is 7.05 Å². The molecule has 0 bridgehead atoms. The van der Waals surface area contributed by atoms with Crippen LogP contribution in [0.15, 0.2) is 23.2 Å². The van der Waals surface area contributed by atoms with Gasteiger partial charge in [0.15, 0.2) is 0 Å². The summed E-state index contributed by atoms with van der Waals surface area (Å²) in [5.41, 5.74) is -0.356. The van der Waals surface area contributed by atoms with Crippen LogP contribution in [0, 0.1) is 6.92 Å². The van der Waals surface area contributed by atoms with Crippen LogP contribution >= 0.6 is 0 Å². The molecule has 15 heavy (non-hydrogen) atoms. The van der Waals surface area contributed by atoms with E-state index in [0.29, 0.717) is 5.56 Å². The monoisotopic (exact) mass is 216 g/mol. The Morgan fingerprint density at radius 1 is 1.33 bits per heavy atom. The number of hydrogen-bond donors (Lipinski definition) is 0. The fraction of sp³-hybridized carbons (Fsp3) is 0.300. The summed E-state index contributed by atoms with van der Waals surface area (Å²) >= 11 is 0. The van der Waals surface area contributed by atoms with E-state index in [1.807, 2.05) is 0 Å². The second-order valence-corrected chi connectivity index (χ2v) is 3.06. The minimum absolute atomic E-state index is 0.00711. The maximum atomic E-state index is 12.3. The second-order valence-electron chi connectivity index (χ2n) is 3.06. The molecular weight excluding hydrogens is 207 g/mol. The smallest absolute Gasteiger partial charge is 0.416 e. The predicted molar refractivity (Wildman–Crippen MR) is 48.6 cm³/mol. The Morgan fingerprint density at radius 2 is 1.93 bits per heavy atom. The van der Waals surface area contributed by atoms with Crippen LogP contribution in [0.5, 0.6) is 0 Å². The van der Waals surface area contributed by atoms with Gasteiger partial charge in [-0.05, 0) is 36.1 Å². The number of alkyl halides is 3. The zero-order valence-corrected chi connectivity index (χ0v) is 8.22. The number of hydrogen-bond acceptors (Lipinski definition) is 2. The van der Waals surface area contributed by atoms with Crippen LogP contribution in [-0.2, 0) is 6.18 Å². The maximum absolute atomic E-state index is 12.3. The molecule has 0 spiro atoms. The Balaban J connectivity index is 3.29. The van der Waals surface area contributed by atoms with Gasteiger partial charge in [0.05, 0.1) is 5.56 Å². The number of nitrogens with zero attached hydrogens (tertiary/aromatic N) is 1. The van der Waals surface area contributed by atoms with Crippen LogP contribution in [0.3, 0.4) is 0 Å². The molecule has 82 valence electrons. The molecule has 2 nitrogen and oxygen atoms in total. The summed E-state index contributed by atoms with van der Waals surface area (Å²) in [4.78, 5) is 3.34. The highest BCUT2D eigenvalue weighted by Crippen LogP contribution is 2.30. The van der Waals surface area contributed by atoms with Gasteiger partial charge < -0.3 is 10.1 Å². The van der Waals surface area contributed by atoms with Gasteiger partial charge in [-0.2, -0.15) is 13.2 Å². The molecule has 0 atom stereocenters. The summed E-state index contributed by atoms with van der Waals surface area (Å²) in [6.45, 7) is 1.57. The van der Waals surface area contributed by atoms with E-state index in [4.69, 9.17) is 0 Å². The molecule has 1 aromatic rings. The lowest BCUT2D eigenvalue weighted by molar-refractivity contribution is -0.213. The molecule has 0 radical (unpaired) electrons. The van der Waals surface area contributed by atoms with E-state index in [-0.39, 0.29) is 5.56 Å². The fourth-order valence-corrected chi connectivity index (χ4v) is 1.15. The van der Waals surface area contributed by atoms with Crippen molar-refractivity contribution in [2.45, 2.75) is 13.1 Å². The lowest BCUT2D eigenvalue weighted by Gasteiger charge is -2.15. The molecule has 0 saturated heterocycles. The molecule has 0 N–H and O–H groups in total. The van der Waals surface area contributed by atoms with E-state index >= 15 is 0 Å². The Hall–Kier alpha value is -1.52. The Labute approximate surface area is 85.1 Å². The van der Waals surface area contributed by atoms with Crippen molar-refractivity contribution in [3.63, 3.8) is 0 Å². The predicted octanol–water partition coefficient (Wildman–Crippen LogP) is 1.75. The maximum Gasteiger partial charge on any atom is 0.416 e. The Kier molecular flexibility index (Phi) is 3.02. The summed E-state index contributed by atoms with van der Waals surface area (Å²) in [6.07, 6.45) is -4.43. The Morgan fingerprint density at radius 3 is 2.40 bits per heavy atom. The highest BCUT2D eigenvalue weighted by molar-refractivity contribution is 5.92. The number of halogens is 3. The number of rotatable bonds is 1. The van der Waals surface area contributed by atoms with E-state index in [0.717, 1.165) is 12.1 Å². The van der Waals surface area contributed by atoms with E-state index < -0.39 is 17.6 Å². The van der Waals surface area contributed by atoms with Gasteiger partial charge in [-0.25, -0.2) is 0 Å². The molecule has 5 heteroatoms. The molecule has 0 fully saturated rings. The largest absolute Gasteiger partial charge is 0.858 e. The molecule has 1 rings (SSSR count).